The van der Waals surface area contributed by atoms with Crippen molar-refractivity contribution in [1.82, 2.24) is 15.5 Å². The van der Waals surface area contributed by atoms with Gasteiger partial charge in [-0.25, -0.2) is 0 Å². The Kier molecular flexibility index (Phi) is 5.62. The van der Waals surface area contributed by atoms with Crippen LogP contribution in [0.25, 0.3) is 11.5 Å². The molecule has 2 aromatic carbocycles. The van der Waals surface area contributed by atoms with Gasteiger partial charge in [-0.05, 0) is 48.6 Å². The Bertz CT molecular complexity index is 924. The minimum atomic E-state index is -0.0443. The van der Waals surface area contributed by atoms with E-state index in [4.69, 9.17) is 9.15 Å². The quantitative estimate of drug-likeness (QED) is 0.579. The maximum absolute atomic E-state index is 12.5. The molecule has 144 valence electrons. The maximum Gasteiger partial charge on any atom is 0.277 e. The number of hydrogen-bond donors (Lipinski definition) is 1. The summed E-state index contributed by atoms with van der Waals surface area (Å²) in [7, 11) is 1.65. The first-order valence-electron chi connectivity index (χ1n) is 9.18. The molecule has 1 heterocycles. The van der Waals surface area contributed by atoms with Gasteiger partial charge in [0.1, 0.15) is 5.75 Å². The largest absolute Gasteiger partial charge is 0.497 e. The second-order valence-corrected chi connectivity index (χ2v) is 7.61. The zero-order valence-electron chi connectivity index (χ0n) is 15.5. The summed E-state index contributed by atoms with van der Waals surface area (Å²) in [6, 6.07) is 17.5. The average molecular weight is 395 g/mol. The lowest BCUT2D eigenvalue weighted by Gasteiger charge is -2.19. The highest BCUT2D eigenvalue weighted by Crippen LogP contribution is 2.41. The molecule has 1 aliphatic carbocycles. The van der Waals surface area contributed by atoms with Crippen LogP contribution in [0.4, 0.5) is 0 Å². The lowest BCUT2D eigenvalue weighted by molar-refractivity contribution is -0.119. The van der Waals surface area contributed by atoms with Gasteiger partial charge in [-0.2, -0.15) is 0 Å². The number of nitrogens with zero attached hydrogens (tertiary/aromatic N) is 2. The molecule has 7 heteroatoms. The molecule has 1 saturated carbocycles. The van der Waals surface area contributed by atoms with Crippen LogP contribution in [0.5, 0.6) is 5.75 Å². The minimum absolute atomic E-state index is 0.0292. The van der Waals surface area contributed by atoms with E-state index < -0.39 is 0 Å². The van der Waals surface area contributed by atoms with Crippen LogP contribution in [0.1, 0.15) is 24.4 Å². The van der Waals surface area contributed by atoms with Gasteiger partial charge in [-0.1, -0.05) is 42.1 Å². The standard InChI is InChI=1S/C21H21N3O3S/c1-26-17-11-9-15(10-12-17)19(14-7-8-14)22-18(25)13-28-21-24-23-20(27-21)16-5-3-2-4-6-16/h2-6,9-12,14,19H,7-8,13H2,1H3,(H,22,25). The second-order valence-electron chi connectivity index (χ2n) is 6.68. The maximum atomic E-state index is 12.5. The molecule has 0 radical (unpaired) electrons. The van der Waals surface area contributed by atoms with Crippen molar-refractivity contribution in [3.05, 3.63) is 60.2 Å². The fourth-order valence-electron chi connectivity index (χ4n) is 3.02. The van der Waals surface area contributed by atoms with Gasteiger partial charge in [0.05, 0.1) is 18.9 Å². The summed E-state index contributed by atoms with van der Waals surface area (Å²) < 4.78 is 10.9. The first kappa shape index (κ1) is 18.6. The summed E-state index contributed by atoms with van der Waals surface area (Å²) in [5.74, 6) is 1.95. The molecule has 1 aromatic heterocycles. The molecule has 28 heavy (non-hydrogen) atoms. The Balaban J connectivity index is 1.35. The molecule has 1 amide bonds. The molecule has 6 nitrogen and oxygen atoms in total. The highest BCUT2D eigenvalue weighted by atomic mass is 32.2. The number of ether oxygens (including phenoxy) is 1. The predicted octanol–water partition coefficient (Wildman–Crippen LogP) is 4.10. The van der Waals surface area contributed by atoms with Crippen molar-refractivity contribution < 1.29 is 13.9 Å². The van der Waals surface area contributed by atoms with Crippen LogP contribution in [-0.2, 0) is 4.79 Å². The molecule has 0 bridgehead atoms. The zero-order valence-corrected chi connectivity index (χ0v) is 16.3. The summed E-state index contributed by atoms with van der Waals surface area (Å²) in [6.07, 6.45) is 2.27. The average Bonchev–Trinajstić information content (AvgIpc) is 3.48. The fraction of sp³-hybridized carbons (Fsp3) is 0.286. The van der Waals surface area contributed by atoms with Gasteiger partial charge in [0.2, 0.25) is 11.8 Å². The Morgan fingerprint density at radius 1 is 1.18 bits per heavy atom. The van der Waals surface area contributed by atoms with Crippen LogP contribution in [0.15, 0.2) is 64.2 Å². The lowest BCUT2D eigenvalue weighted by atomic mass is 10.0. The Morgan fingerprint density at radius 2 is 1.93 bits per heavy atom. The van der Waals surface area contributed by atoms with E-state index in [1.165, 1.54) is 11.8 Å². The Labute approximate surface area is 167 Å². The van der Waals surface area contributed by atoms with Crippen LogP contribution in [-0.4, -0.2) is 29.0 Å². The Hall–Kier alpha value is -2.80. The molecule has 0 spiro atoms. The van der Waals surface area contributed by atoms with E-state index in [0.717, 1.165) is 29.7 Å². The number of aromatic nitrogens is 2. The molecule has 3 aromatic rings. The number of carbonyl (C=O) groups excluding carboxylic acids is 1. The number of hydrogen-bond acceptors (Lipinski definition) is 6. The molecule has 1 N–H and O–H groups in total. The first-order valence-corrected chi connectivity index (χ1v) is 10.2. The summed E-state index contributed by atoms with van der Waals surface area (Å²) in [4.78, 5) is 12.5. The van der Waals surface area contributed by atoms with Gasteiger partial charge >= 0.3 is 0 Å². The van der Waals surface area contributed by atoms with Crippen LogP contribution in [0.3, 0.4) is 0 Å². The smallest absolute Gasteiger partial charge is 0.277 e. The van der Waals surface area contributed by atoms with Crippen molar-refractivity contribution in [2.45, 2.75) is 24.1 Å². The zero-order chi connectivity index (χ0) is 19.3. The SMILES string of the molecule is COc1ccc(C(NC(=O)CSc2nnc(-c3ccccc3)o2)C2CC2)cc1. The third kappa shape index (κ3) is 4.54. The van der Waals surface area contributed by atoms with Gasteiger partial charge in [0.25, 0.3) is 5.22 Å². The predicted molar refractivity (Wildman–Crippen MR) is 107 cm³/mol. The number of amides is 1. The van der Waals surface area contributed by atoms with E-state index >= 15 is 0 Å². The minimum Gasteiger partial charge on any atom is -0.497 e. The van der Waals surface area contributed by atoms with Crippen LogP contribution in [0.2, 0.25) is 0 Å². The fourth-order valence-corrected chi connectivity index (χ4v) is 3.60. The molecule has 0 saturated heterocycles. The van der Waals surface area contributed by atoms with Crippen molar-refractivity contribution in [2.24, 2.45) is 5.92 Å². The van der Waals surface area contributed by atoms with E-state index in [2.05, 4.69) is 15.5 Å². The number of thioether (sulfide) groups is 1. The summed E-state index contributed by atoms with van der Waals surface area (Å²) in [5, 5.41) is 11.6. The second kappa shape index (κ2) is 8.48. The summed E-state index contributed by atoms with van der Waals surface area (Å²) >= 11 is 1.25. The molecule has 1 unspecified atom stereocenters. The third-order valence-electron chi connectivity index (χ3n) is 4.64. The van der Waals surface area contributed by atoms with Crippen molar-refractivity contribution in [1.29, 1.82) is 0 Å². The molecular formula is C21H21N3O3S. The molecular weight excluding hydrogens is 374 g/mol. The van der Waals surface area contributed by atoms with Crippen molar-refractivity contribution in [3.8, 4) is 17.2 Å². The molecule has 0 aliphatic heterocycles. The van der Waals surface area contributed by atoms with Crippen LogP contribution >= 0.6 is 11.8 Å². The number of methoxy groups -OCH3 is 1. The van der Waals surface area contributed by atoms with Crippen molar-refractivity contribution >= 4 is 17.7 Å². The topological polar surface area (TPSA) is 77.2 Å². The highest BCUT2D eigenvalue weighted by Gasteiger charge is 2.33. The van der Waals surface area contributed by atoms with E-state index in [1.807, 2.05) is 54.6 Å². The molecule has 4 rings (SSSR count). The molecule has 1 atom stereocenters. The normalized spacial score (nSPS) is 14.5. The van der Waals surface area contributed by atoms with E-state index in [9.17, 15) is 4.79 Å². The van der Waals surface area contributed by atoms with Crippen molar-refractivity contribution in [2.75, 3.05) is 12.9 Å². The summed E-state index contributed by atoms with van der Waals surface area (Å²) in [5.41, 5.74) is 1.96. The third-order valence-corrected chi connectivity index (χ3v) is 5.46. The number of carbonyl (C=O) groups is 1. The van der Waals surface area contributed by atoms with E-state index in [0.29, 0.717) is 17.0 Å². The Morgan fingerprint density at radius 3 is 2.61 bits per heavy atom. The van der Waals surface area contributed by atoms with Gasteiger partial charge in [-0.15, -0.1) is 10.2 Å². The molecule has 1 fully saturated rings. The number of rotatable bonds is 8. The van der Waals surface area contributed by atoms with E-state index in [1.54, 1.807) is 7.11 Å². The lowest BCUT2D eigenvalue weighted by Crippen LogP contribution is -2.31. The van der Waals surface area contributed by atoms with Crippen molar-refractivity contribution in [3.63, 3.8) is 0 Å². The van der Waals surface area contributed by atoms with Gasteiger partial charge in [0.15, 0.2) is 0 Å². The highest BCUT2D eigenvalue weighted by molar-refractivity contribution is 7.99. The number of benzene rings is 2. The van der Waals surface area contributed by atoms with Crippen LogP contribution in [0, 0.1) is 5.92 Å². The monoisotopic (exact) mass is 395 g/mol. The molecule has 1 aliphatic rings. The van der Waals surface area contributed by atoms with Gasteiger partial charge in [-0.3, -0.25) is 4.79 Å². The summed E-state index contributed by atoms with van der Waals surface area (Å²) in [6.45, 7) is 0. The van der Waals surface area contributed by atoms with Gasteiger partial charge in [0, 0.05) is 5.56 Å². The van der Waals surface area contributed by atoms with Gasteiger partial charge < -0.3 is 14.5 Å². The van der Waals surface area contributed by atoms with Crippen LogP contribution < -0.4 is 10.1 Å². The first-order chi connectivity index (χ1) is 13.7. The number of nitrogens with one attached hydrogen (secondary N) is 1. The van der Waals surface area contributed by atoms with E-state index in [-0.39, 0.29) is 17.7 Å².